The average Bonchev–Trinajstić information content (AvgIpc) is 2.96. The Balaban J connectivity index is 1.90. The lowest BCUT2D eigenvalue weighted by Crippen LogP contribution is -2.35. The van der Waals surface area contributed by atoms with Crippen LogP contribution in [0, 0.1) is 0 Å². The second-order valence-corrected chi connectivity index (χ2v) is 5.57. The van der Waals surface area contributed by atoms with Gasteiger partial charge in [-0.25, -0.2) is 0 Å². The fraction of sp³-hybridized carbons (Fsp3) is 0.438. The van der Waals surface area contributed by atoms with E-state index >= 15 is 0 Å². The zero-order valence-corrected chi connectivity index (χ0v) is 12.9. The number of benzene rings is 1. The monoisotopic (exact) mass is 303 g/mol. The minimum Gasteiger partial charge on any atom is -0.493 e. The molecule has 6 heteroatoms. The van der Waals surface area contributed by atoms with Crippen molar-refractivity contribution in [1.29, 1.82) is 0 Å². The highest BCUT2D eigenvalue weighted by atomic mass is 16.5. The summed E-state index contributed by atoms with van der Waals surface area (Å²) in [4.78, 5) is 2.31. The molecule has 1 aromatic carbocycles. The molecule has 0 spiro atoms. The second kappa shape index (κ2) is 6.27. The summed E-state index contributed by atoms with van der Waals surface area (Å²) in [6, 6.07) is 7.39. The van der Waals surface area contributed by atoms with Crippen molar-refractivity contribution >= 4 is 5.82 Å². The smallest absolute Gasteiger partial charge is 0.172 e. The number of piperidine rings is 1. The maximum atomic E-state index is 6.24. The highest BCUT2D eigenvalue weighted by molar-refractivity contribution is 5.71. The minimum absolute atomic E-state index is 0.173. The molecule has 1 aromatic heterocycles. The number of hydrogen-bond donors (Lipinski definition) is 1. The van der Waals surface area contributed by atoms with E-state index in [-0.39, 0.29) is 6.10 Å². The summed E-state index contributed by atoms with van der Waals surface area (Å²) < 4.78 is 17.0. The van der Waals surface area contributed by atoms with Gasteiger partial charge in [-0.15, -0.1) is 0 Å². The number of nitrogen functional groups attached to an aromatic ring is 1. The molecule has 0 unspecified atom stereocenters. The van der Waals surface area contributed by atoms with E-state index in [1.165, 1.54) is 0 Å². The van der Waals surface area contributed by atoms with Gasteiger partial charge in [-0.05, 0) is 32.0 Å². The summed E-state index contributed by atoms with van der Waals surface area (Å²) in [5.74, 6) is 2.31. The van der Waals surface area contributed by atoms with Crippen LogP contribution in [-0.2, 0) is 0 Å². The van der Waals surface area contributed by atoms with E-state index in [0.29, 0.717) is 23.1 Å². The van der Waals surface area contributed by atoms with E-state index in [1.807, 2.05) is 18.2 Å². The van der Waals surface area contributed by atoms with Gasteiger partial charge in [0.2, 0.25) is 0 Å². The molecule has 0 radical (unpaired) electrons. The Bertz CT molecular complexity index is 633. The number of likely N-dealkylation sites (tertiary alicyclic amines) is 1. The summed E-state index contributed by atoms with van der Waals surface area (Å²) in [6.45, 7) is 2.06. The Morgan fingerprint density at radius 1 is 1.32 bits per heavy atom. The molecule has 22 heavy (non-hydrogen) atoms. The van der Waals surface area contributed by atoms with E-state index < -0.39 is 0 Å². The van der Waals surface area contributed by atoms with Gasteiger partial charge in [0.25, 0.3) is 0 Å². The normalized spacial score (nSPS) is 16.6. The van der Waals surface area contributed by atoms with Crippen LogP contribution in [-0.4, -0.2) is 43.4 Å². The summed E-state index contributed by atoms with van der Waals surface area (Å²) in [7, 11) is 3.76. The van der Waals surface area contributed by atoms with Crippen LogP contribution in [0.3, 0.4) is 0 Å². The van der Waals surface area contributed by atoms with E-state index in [2.05, 4.69) is 17.1 Å². The number of aromatic nitrogens is 1. The van der Waals surface area contributed by atoms with E-state index in [9.17, 15) is 0 Å². The van der Waals surface area contributed by atoms with Crippen LogP contribution in [0.2, 0.25) is 0 Å². The van der Waals surface area contributed by atoms with E-state index in [4.69, 9.17) is 19.7 Å². The largest absolute Gasteiger partial charge is 0.493 e. The van der Waals surface area contributed by atoms with Gasteiger partial charge < -0.3 is 24.6 Å². The van der Waals surface area contributed by atoms with Gasteiger partial charge in [0.15, 0.2) is 23.1 Å². The fourth-order valence-electron chi connectivity index (χ4n) is 2.68. The van der Waals surface area contributed by atoms with Crippen LogP contribution in [0.25, 0.3) is 11.3 Å². The average molecular weight is 303 g/mol. The van der Waals surface area contributed by atoms with Crippen LogP contribution < -0.4 is 15.2 Å². The predicted molar refractivity (Wildman–Crippen MR) is 84.1 cm³/mol. The number of nitrogens with two attached hydrogens (primary N) is 1. The highest BCUT2D eigenvalue weighted by Gasteiger charge is 2.23. The summed E-state index contributed by atoms with van der Waals surface area (Å²) in [5.41, 5.74) is 6.46. The first kappa shape index (κ1) is 14.7. The van der Waals surface area contributed by atoms with Gasteiger partial charge in [-0.3, -0.25) is 0 Å². The van der Waals surface area contributed by atoms with Crippen molar-refractivity contribution < 1.29 is 14.0 Å². The van der Waals surface area contributed by atoms with Crippen molar-refractivity contribution in [3.63, 3.8) is 0 Å². The van der Waals surface area contributed by atoms with Gasteiger partial charge >= 0.3 is 0 Å². The van der Waals surface area contributed by atoms with Crippen LogP contribution in [0.1, 0.15) is 12.8 Å². The molecule has 1 aliphatic rings. The molecule has 2 N–H and O–H groups in total. The molecule has 0 bridgehead atoms. The standard InChI is InChI=1S/C16H21N3O3/c1-19-8-6-11(7-9-19)21-16-12(4-3-5-13(16)20-2)14-10-15(17)18-22-14/h3-5,10-11H,6-9H2,1-2H3,(H2,17,18). The number of methoxy groups -OCH3 is 1. The molecule has 2 aromatic rings. The van der Waals surface area contributed by atoms with Crippen molar-refractivity contribution in [2.75, 3.05) is 33.0 Å². The van der Waals surface area contributed by atoms with Crippen molar-refractivity contribution in [1.82, 2.24) is 10.1 Å². The molecule has 1 aliphatic heterocycles. The molecule has 0 saturated carbocycles. The van der Waals surface area contributed by atoms with Crippen LogP contribution >= 0.6 is 0 Å². The van der Waals surface area contributed by atoms with E-state index in [0.717, 1.165) is 31.5 Å². The number of para-hydroxylation sites is 1. The molecule has 1 saturated heterocycles. The predicted octanol–water partition coefficient (Wildman–Crippen LogP) is 2.41. The first-order valence-electron chi connectivity index (χ1n) is 7.42. The lowest BCUT2D eigenvalue weighted by Gasteiger charge is -2.30. The number of rotatable bonds is 4. The van der Waals surface area contributed by atoms with Crippen LogP contribution in [0.4, 0.5) is 5.82 Å². The molecule has 1 fully saturated rings. The number of ether oxygens (including phenoxy) is 2. The lowest BCUT2D eigenvalue weighted by molar-refractivity contribution is 0.111. The molecular formula is C16H21N3O3. The minimum atomic E-state index is 0.173. The zero-order valence-electron chi connectivity index (χ0n) is 12.9. The number of hydrogen-bond acceptors (Lipinski definition) is 6. The molecule has 118 valence electrons. The molecular weight excluding hydrogens is 282 g/mol. The molecule has 6 nitrogen and oxygen atoms in total. The molecule has 3 rings (SSSR count). The Morgan fingerprint density at radius 2 is 2.09 bits per heavy atom. The van der Waals surface area contributed by atoms with E-state index in [1.54, 1.807) is 13.2 Å². The third-order valence-electron chi connectivity index (χ3n) is 3.94. The third kappa shape index (κ3) is 3.01. The SMILES string of the molecule is COc1cccc(-c2cc(N)no2)c1OC1CCN(C)CC1. The number of anilines is 1. The fourth-order valence-corrected chi connectivity index (χ4v) is 2.68. The third-order valence-corrected chi connectivity index (χ3v) is 3.94. The Hall–Kier alpha value is -2.21. The van der Waals surface area contributed by atoms with Gasteiger partial charge in [0.1, 0.15) is 6.10 Å². The van der Waals surface area contributed by atoms with Crippen LogP contribution in [0.15, 0.2) is 28.8 Å². The first-order chi connectivity index (χ1) is 10.7. The lowest BCUT2D eigenvalue weighted by atomic mass is 10.1. The van der Waals surface area contributed by atoms with Crippen molar-refractivity contribution in [2.45, 2.75) is 18.9 Å². The van der Waals surface area contributed by atoms with Crippen LogP contribution in [0.5, 0.6) is 11.5 Å². The van der Waals surface area contributed by atoms with Crippen molar-refractivity contribution in [2.24, 2.45) is 0 Å². The molecule has 0 atom stereocenters. The maximum Gasteiger partial charge on any atom is 0.172 e. The van der Waals surface area contributed by atoms with Crippen molar-refractivity contribution in [3.8, 4) is 22.8 Å². The molecule has 0 aliphatic carbocycles. The summed E-state index contributed by atoms with van der Waals surface area (Å²) in [6.07, 6.45) is 2.16. The maximum absolute atomic E-state index is 6.24. The second-order valence-electron chi connectivity index (χ2n) is 5.57. The quantitative estimate of drug-likeness (QED) is 0.935. The topological polar surface area (TPSA) is 73.8 Å². The van der Waals surface area contributed by atoms with Crippen molar-refractivity contribution in [3.05, 3.63) is 24.3 Å². The highest BCUT2D eigenvalue weighted by Crippen LogP contribution is 2.39. The Kier molecular flexibility index (Phi) is 4.20. The van der Waals surface area contributed by atoms with Gasteiger partial charge in [0, 0.05) is 19.2 Å². The zero-order chi connectivity index (χ0) is 15.5. The summed E-state index contributed by atoms with van der Waals surface area (Å²) in [5, 5.41) is 3.75. The first-order valence-corrected chi connectivity index (χ1v) is 7.42. The van der Waals surface area contributed by atoms with Gasteiger partial charge in [-0.1, -0.05) is 11.2 Å². The van der Waals surface area contributed by atoms with Gasteiger partial charge in [0.05, 0.1) is 12.7 Å². The molecule has 2 heterocycles. The molecule has 0 amide bonds. The Morgan fingerprint density at radius 3 is 2.73 bits per heavy atom. The van der Waals surface area contributed by atoms with Gasteiger partial charge in [-0.2, -0.15) is 0 Å². The number of nitrogens with zero attached hydrogens (tertiary/aromatic N) is 2. The summed E-state index contributed by atoms with van der Waals surface area (Å²) >= 11 is 0. The Labute approximate surface area is 129 Å².